The highest BCUT2D eigenvalue weighted by molar-refractivity contribution is 5.78. The van der Waals surface area contributed by atoms with Crippen LogP contribution in [0.15, 0.2) is 12.3 Å². The van der Waals surface area contributed by atoms with Crippen LogP contribution in [-0.4, -0.2) is 35.4 Å². The lowest BCUT2D eigenvalue weighted by molar-refractivity contribution is -0.124. The van der Waals surface area contributed by atoms with Crippen LogP contribution in [0.25, 0.3) is 0 Å². The van der Waals surface area contributed by atoms with Gasteiger partial charge in [0.1, 0.15) is 0 Å². The second kappa shape index (κ2) is 5.74. The number of hydrogen-bond donors (Lipinski definition) is 1. The minimum atomic E-state index is 0.0618. The number of nitrogens with zero attached hydrogens (tertiary/aromatic N) is 2. The topological polar surface area (TPSA) is 56.2 Å². The summed E-state index contributed by atoms with van der Waals surface area (Å²) in [6.07, 6.45) is 6.26. The first-order valence-electron chi connectivity index (χ1n) is 7.22. The lowest BCUT2D eigenvalue weighted by atomic mass is 10.1. The molecule has 2 aliphatic rings. The van der Waals surface area contributed by atoms with Crippen LogP contribution in [0, 0.1) is 5.92 Å². The lowest BCUT2D eigenvalue weighted by Gasteiger charge is -2.10. The van der Waals surface area contributed by atoms with Crippen molar-refractivity contribution in [2.45, 2.75) is 38.1 Å². The average Bonchev–Trinajstić information content (AvgIpc) is 2.95. The molecule has 19 heavy (non-hydrogen) atoms. The Morgan fingerprint density at radius 1 is 1.47 bits per heavy atom. The zero-order valence-electron chi connectivity index (χ0n) is 11.2. The minimum absolute atomic E-state index is 0.0618. The van der Waals surface area contributed by atoms with Crippen molar-refractivity contribution in [1.29, 1.82) is 0 Å². The molecule has 0 radical (unpaired) electrons. The van der Waals surface area contributed by atoms with Gasteiger partial charge in [-0.3, -0.25) is 9.48 Å². The second-order valence-electron chi connectivity index (χ2n) is 5.46. The van der Waals surface area contributed by atoms with Gasteiger partial charge in [0, 0.05) is 37.5 Å². The summed E-state index contributed by atoms with van der Waals surface area (Å²) in [6.45, 7) is 2.91. The lowest BCUT2D eigenvalue weighted by Crippen LogP contribution is -2.32. The number of aromatic nitrogens is 2. The molecule has 5 heteroatoms. The van der Waals surface area contributed by atoms with Gasteiger partial charge in [-0.25, -0.2) is 0 Å². The van der Waals surface area contributed by atoms with Crippen molar-refractivity contribution in [2.24, 2.45) is 5.92 Å². The van der Waals surface area contributed by atoms with E-state index in [4.69, 9.17) is 4.74 Å². The highest BCUT2D eigenvalue weighted by Crippen LogP contribution is 2.39. The molecule has 1 aliphatic heterocycles. The molecule has 0 bridgehead atoms. The largest absolute Gasteiger partial charge is 0.381 e. The van der Waals surface area contributed by atoms with E-state index in [0.717, 1.165) is 38.5 Å². The van der Waals surface area contributed by atoms with Crippen LogP contribution in [0.4, 0.5) is 0 Å². The summed E-state index contributed by atoms with van der Waals surface area (Å²) in [6, 6.07) is 2.12. The molecule has 0 spiro atoms. The zero-order chi connectivity index (χ0) is 13.1. The van der Waals surface area contributed by atoms with E-state index in [9.17, 15) is 4.79 Å². The number of amides is 1. The molecule has 1 aromatic heterocycles. The Morgan fingerprint density at radius 2 is 2.37 bits per heavy atom. The van der Waals surface area contributed by atoms with Gasteiger partial charge in [-0.1, -0.05) is 0 Å². The van der Waals surface area contributed by atoms with Crippen LogP contribution in [0.3, 0.4) is 0 Å². The molecule has 2 fully saturated rings. The van der Waals surface area contributed by atoms with Crippen molar-refractivity contribution in [3.8, 4) is 0 Å². The number of rotatable bonds is 6. The average molecular weight is 263 g/mol. The van der Waals surface area contributed by atoms with Gasteiger partial charge in [-0.15, -0.1) is 0 Å². The van der Waals surface area contributed by atoms with Gasteiger partial charge in [0.2, 0.25) is 5.91 Å². The molecule has 1 unspecified atom stereocenters. The van der Waals surface area contributed by atoms with Gasteiger partial charge in [0.05, 0.1) is 12.5 Å². The van der Waals surface area contributed by atoms with E-state index < -0.39 is 0 Å². The third-order valence-electron chi connectivity index (χ3n) is 3.89. The van der Waals surface area contributed by atoms with Gasteiger partial charge < -0.3 is 10.1 Å². The third kappa shape index (κ3) is 3.15. The first kappa shape index (κ1) is 12.7. The summed E-state index contributed by atoms with van der Waals surface area (Å²) in [4.78, 5) is 11.8. The van der Waals surface area contributed by atoms with E-state index >= 15 is 0 Å². The first-order valence-corrected chi connectivity index (χ1v) is 7.22. The fourth-order valence-corrected chi connectivity index (χ4v) is 2.58. The molecule has 104 valence electrons. The number of carbonyl (C=O) groups excluding carboxylic acids is 1. The molecule has 3 rings (SSSR count). The molecule has 1 atom stereocenters. The Morgan fingerprint density at radius 3 is 3.11 bits per heavy atom. The molecule has 1 aliphatic carbocycles. The molecule has 1 aromatic rings. The van der Waals surface area contributed by atoms with Crippen LogP contribution in [0.2, 0.25) is 0 Å². The molecule has 1 saturated carbocycles. The quantitative estimate of drug-likeness (QED) is 0.787. The van der Waals surface area contributed by atoms with E-state index in [2.05, 4.69) is 21.2 Å². The molecule has 1 N–H and O–H groups in total. The summed E-state index contributed by atoms with van der Waals surface area (Å²) in [5.41, 5.74) is 1.36. The molecule has 5 nitrogen and oxygen atoms in total. The van der Waals surface area contributed by atoms with Crippen LogP contribution < -0.4 is 5.32 Å². The molecule has 1 amide bonds. The summed E-state index contributed by atoms with van der Waals surface area (Å²) >= 11 is 0. The Balaban J connectivity index is 1.38. The Bertz CT molecular complexity index is 434. The van der Waals surface area contributed by atoms with Crippen molar-refractivity contribution in [3.05, 3.63) is 18.0 Å². The third-order valence-corrected chi connectivity index (χ3v) is 3.89. The van der Waals surface area contributed by atoms with E-state index in [0.29, 0.717) is 6.61 Å². The van der Waals surface area contributed by atoms with E-state index in [1.54, 1.807) is 0 Å². The SMILES string of the molecule is O=C(NCCCn1nccc1C1CC1)C1CCOC1. The van der Waals surface area contributed by atoms with Crippen molar-refractivity contribution >= 4 is 5.91 Å². The Hall–Kier alpha value is -1.36. The number of carbonyl (C=O) groups is 1. The predicted molar refractivity (Wildman–Crippen MR) is 70.8 cm³/mol. The Labute approximate surface area is 113 Å². The fourth-order valence-electron chi connectivity index (χ4n) is 2.58. The van der Waals surface area contributed by atoms with Crippen LogP contribution in [-0.2, 0) is 16.1 Å². The monoisotopic (exact) mass is 263 g/mol. The first-order chi connectivity index (χ1) is 9.34. The van der Waals surface area contributed by atoms with Gasteiger partial charge in [-0.2, -0.15) is 5.10 Å². The highest BCUT2D eigenvalue weighted by Gasteiger charge is 2.26. The molecular formula is C14H21N3O2. The Kier molecular flexibility index (Phi) is 3.82. The summed E-state index contributed by atoms with van der Waals surface area (Å²) in [5.74, 6) is 0.930. The summed E-state index contributed by atoms with van der Waals surface area (Å²) < 4.78 is 7.30. The van der Waals surface area contributed by atoms with Gasteiger partial charge in [0.15, 0.2) is 0 Å². The molecule has 2 heterocycles. The molecule has 1 saturated heterocycles. The predicted octanol–water partition coefficient (Wildman–Crippen LogP) is 1.30. The van der Waals surface area contributed by atoms with Crippen molar-refractivity contribution < 1.29 is 9.53 Å². The van der Waals surface area contributed by atoms with Crippen LogP contribution in [0.5, 0.6) is 0 Å². The van der Waals surface area contributed by atoms with Crippen molar-refractivity contribution in [1.82, 2.24) is 15.1 Å². The van der Waals surface area contributed by atoms with Gasteiger partial charge >= 0.3 is 0 Å². The summed E-state index contributed by atoms with van der Waals surface area (Å²) in [5, 5.41) is 7.35. The second-order valence-corrected chi connectivity index (χ2v) is 5.46. The number of hydrogen-bond acceptors (Lipinski definition) is 3. The molecular weight excluding hydrogens is 242 g/mol. The maximum atomic E-state index is 11.8. The maximum absolute atomic E-state index is 11.8. The number of aryl methyl sites for hydroxylation is 1. The van der Waals surface area contributed by atoms with E-state index in [1.165, 1.54) is 18.5 Å². The van der Waals surface area contributed by atoms with Crippen molar-refractivity contribution in [2.75, 3.05) is 19.8 Å². The summed E-state index contributed by atoms with van der Waals surface area (Å²) in [7, 11) is 0. The minimum Gasteiger partial charge on any atom is -0.381 e. The fraction of sp³-hybridized carbons (Fsp3) is 0.714. The molecule has 0 aromatic carbocycles. The number of nitrogens with one attached hydrogen (secondary N) is 1. The standard InChI is InChI=1S/C14H21N3O2/c18-14(12-5-9-19-10-12)15-6-1-8-17-13(4-7-16-17)11-2-3-11/h4,7,11-12H,1-3,5-6,8-10H2,(H,15,18). The van der Waals surface area contributed by atoms with Gasteiger partial charge in [-0.05, 0) is 31.7 Å². The van der Waals surface area contributed by atoms with Crippen molar-refractivity contribution in [3.63, 3.8) is 0 Å². The maximum Gasteiger partial charge on any atom is 0.225 e. The normalized spacial score (nSPS) is 22.6. The van der Waals surface area contributed by atoms with Crippen LogP contribution in [0.1, 0.15) is 37.3 Å². The zero-order valence-corrected chi connectivity index (χ0v) is 11.2. The number of ether oxygens (including phenoxy) is 1. The van der Waals surface area contributed by atoms with E-state index in [-0.39, 0.29) is 11.8 Å². The van der Waals surface area contributed by atoms with Crippen LogP contribution >= 0.6 is 0 Å². The smallest absolute Gasteiger partial charge is 0.225 e. The van der Waals surface area contributed by atoms with E-state index in [1.807, 2.05) is 6.20 Å². The highest BCUT2D eigenvalue weighted by atomic mass is 16.5. The van der Waals surface area contributed by atoms with Gasteiger partial charge in [0.25, 0.3) is 0 Å².